The van der Waals surface area contributed by atoms with Crippen molar-refractivity contribution in [3.8, 4) is 23.0 Å². The summed E-state index contributed by atoms with van der Waals surface area (Å²) in [6.45, 7) is 2.38. The maximum Gasteiger partial charge on any atom is 0.290 e. The average Bonchev–Trinajstić information content (AvgIpc) is 3.11. The lowest BCUT2D eigenvalue weighted by Crippen LogP contribution is -2.23. The number of halogens is 1. The van der Waals surface area contributed by atoms with Crippen LogP contribution in [0.15, 0.2) is 115 Å². The minimum atomic E-state index is -0.629. The van der Waals surface area contributed by atoms with Crippen molar-refractivity contribution < 1.29 is 29.2 Å². The highest BCUT2D eigenvalue weighted by Crippen LogP contribution is 2.35. The molecule has 0 saturated heterocycles. The number of aryl methyl sites for hydroxylation is 3. The second-order valence-electron chi connectivity index (χ2n) is 11.3. The van der Waals surface area contributed by atoms with Crippen LogP contribution in [0.5, 0.6) is 23.0 Å². The van der Waals surface area contributed by atoms with Gasteiger partial charge in [-0.25, -0.2) is 0 Å². The Bertz CT molecular complexity index is 1680. The van der Waals surface area contributed by atoms with Crippen LogP contribution in [0.25, 0.3) is 0 Å². The number of phenols is 1. The Labute approximate surface area is 302 Å². The number of aromatic hydroxyl groups is 1. The van der Waals surface area contributed by atoms with E-state index in [2.05, 4.69) is 91.0 Å². The first-order valence-corrected chi connectivity index (χ1v) is 17.6. The Hall–Kier alpha value is -4.32. The van der Waals surface area contributed by atoms with Gasteiger partial charge in [-0.05, 0) is 98.1 Å². The monoisotopic (exact) mass is 744 g/mol. The molecule has 8 heteroatoms. The van der Waals surface area contributed by atoms with Crippen molar-refractivity contribution in [2.75, 3.05) is 20.8 Å². The van der Waals surface area contributed by atoms with E-state index >= 15 is 0 Å². The van der Waals surface area contributed by atoms with Gasteiger partial charge in [-0.1, -0.05) is 97.1 Å². The second kappa shape index (κ2) is 20.9. The predicted octanol–water partition coefficient (Wildman–Crippen LogP) is 8.33. The van der Waals surface area contributed by atoms with E-state index in [9.17, 15) is 5.11 Å². The first kappa shape index (κ1) is 39.1. The van der Waals surface area contributed by atoms with Crippen molar-refractivity contribution in [2.24, 2.45) is 0 Å². The maximum atomic E-state index is 10.7. The van der Waals surface area contributed by atoms with Gasteiger partial charge in [-0.2, -0.15) is 0 Å². The standard InChI is InChI=1S/C40H43O4P.CH2O2.BrH/c1-30-38(42-2)27-25-33(40(30)43-3)18-14-17-31-24-26-34(29-37(31)41)44-28-13-12-16-32-15-10-11-23-39(32)45(35-19-6-4-7-20-35)36-21-8-5-9-22-36;2-1-3;/h4-11,15,19-27,29,41H,12-14,16-18,28H2,1-3H3;1H,(H,2,3);1H. The first-order chi connectivity index (χ1) is 23.5. The maximum absolute atomic E-state index is 10.7. The summed E-state index contributed by atoms with van der Waals surface area (Å²) in [6.07, 6.45) is 5.49. The SMILES string of the molecule is Br.COc1ccc(CCCc2ccc(OCCCCc3ccccc3P(c3ccccc3)c3ccccc3)cc2O)c(OC)c1C.O=CO. The molecule has 0 heterocycles. The molecule has 0 spiro atoms. The van der Waals surface area contributed by atoms with Gasteiger partial charge in [0.05, 0.1) is 20.8 Å². The molecule has 0 radical (unpaired) electrons. The summed E-state index contributed by atoms with van der Waals surface area (Å²) in [4.78, 5) is 8.36. The van der Waals surface area contributed by atoms with Crippen LogP contribution in [0.1, 0.15) is 41.5 Å². The van der Waals surface area contributed by atoms with E-state index < -0.39 is 7.92 Å². The van der Waals surface area contributed by atoms with E-state index in [4.69, 9.17) is 24.1 Å². The van der Waals surface area contributed by atoms with Crippen molar-refractivity contribution in [1.82, 2.24) is 0 Å². The molecule has 5 rings (SSSR count). The summed E-state index contributed by atoms with van der Waals surface area (Å²) in [7, 11) is 2.74. The van der Waals surface area contributed by atoms with Gasteiger partial charge in [-0.3, -0.25) is 4.79 Å². The van der Waals surface area contributed by atoms with E-state index in [-0.39, 0.29) is 29.2 Å². The highest BCUT2D eigenvalue weighted by atomic mass is 79.9. The van der Waals surface area contributed by atoms with Crippen LogP contribution in [-0.4, -0.2) is 37.5 Å². The molecule has 0 aromatic heterocycles. The molecule has 6 nitrogen and oxygen atoms in total. The van der Waals surface area contributed by atoms with Crippen LogP contribution < -0.4 is 30.1 Å². The zero-order valence-electron chi connectivity index (χ0n) is 28.4. The van der Waals surface area contributed by atoms with Gasteiger partial charge in [0, 0.05) is 11.6 Å². The summed E-state index contributed by atoms with van der Waals surface area (Å²) in [5.74, 6) is 2.70. The third-order valence-corrected chi connectivity index (χ3v) is 10.7. The normalized spacial score (nSPS) is 10.4. The molecular formula is C41H46BrO6P. The number of phenolic OH excluding ortho intramolecular Hbond substituents is 1. The third-order valence-electron chi connectivity index (χ3n) is 8.18. The van der Waals surface area contributed by atoms with Crippen LogP contribution in [0.3, 0.4) is 0 Å². The molecule has 0 unspecified atom stereocenters. The van der Waals surface area contributed by atoms with Crippen LogP contribution in [0.2, 0.25) is 0 Å². The Morgan fingerprint density at radius 3 is 1.86 bits per heavy atom. The number of carbonyl (C=O) groups is 1. The number of benzene rings is 5. The number of hydrogen-bond donors (Lipinski definition) is 2. The van der Waals surface area contributed by atoms with Crippen molar-refractivity contribution >= 4 is 47.3 Å². The Morgan fingerprint density at radius 1 is 0.673 bits per heavy atom. The molecule has 0 aliphatic heterocycles. The number of ether oxygens (including phenoxy) is 3. The number of rotatable bonds is 15. The van der Waals surface area contributed by atoms with Crippen molar-refractivity contribution in [1.29, 1.82) is 0 Å². The Morgan fingerprint density at radius 2 is 1.24 bits per heavy atom. The molecule has 49 heavy (non-hydrogen) atoms. The smallest absolute Gasteiger partial charge is 0.290 e. The third kappa shape index (κ3) is 11.1. The van der Waals surface area contributed by atoms with Gasteiger partial charge < -0.3 is 24.4 Å². The number of hydrogen-bond acceptors (Lipinski definition) is 5. The number of carboxylic acid groups (broad SMARTS) is 1. The lowest BCUT2D eigenvalue weighted by molar-refractivity contribution is -0.122. The van der Waals surface area contributed by atoms with Crippen LogP contribution in [0.4, 0.5) is 0 Å². The molecule has 0 saturated carbocycles. The fourth-order valence-electron chi connectivity index (χ4n) is 5.88. The van der Waals surface area contributed by atoms with Gasteiger partial charge in [0.25, 0.3) is 6.47 Å². The lowest BCUT2D eigenvalue weighted by atomic mass is 10.0. The largest absolute Gasteiger partial charge is 0.508 e. The summed E-state index contributed by atoms with van der Waals surface area (Å²) in [6, 6.07) is 40.4. The van der Waals surface area contributed by atoms with Crippen LogP contribution in [0, 0.1) is 6.92 Å². The summed E-state index contributed by atoms with van der Waals surface area (Å²) in [5.41, 5.74) is 4.49. The average molecular weight is 746 g/mol. The highest BCUT2D eigenvalue weighted by Gasteiger charge is 2.19. The van der Waals surface area contributed by atoms with Crippen molar-refractivity contribution in [3.63, 3.8) is 0 Å². The van der Waals surface area contributed by atoms with E-state index in [1.807, 2.05) is 25.1 Å². The predicted molar refractivity (Wildman–Crippen MR) is 207 cm³/mol. The summed E-state index contributed by atoms with van der Waals surface area (Å²) >= 11 is 0. The highest BCUT2D eigenvalue weighted by molar-refractivity contribution is 8.93. The molecule has 5 aromatic rings. The van der Waals surface area contributed by atoms with Gasteiger partial charge in [0.2, 0.25) is 0 Å². The molecule has 2 N–H and O–H groups in total. The van der Waals surface area contributed by atoms with E-state index in [1.54, 1.807) is 20.3 Å². The lowest BCUT2D eigenvalue weighted by Gasteiger charge is -2.22. The minimum absolute atomic E-state index is 0. The fourth-order valence-corrected chi connectivity index (χ4v) is 8.38. The Kier molecular flexibility index (Phi) is 16.7. The number of unbranched alkanes of at least 4 members (excludes halogenated alkanes) is 1. The van der Waals surface area contributed by atoms with Gasteiger partial charge in [0.1, 0.15) is 23.0 Å². The molecule has 0 fully saturated rings. The molecule has 0 amide bonds. The molecule has 0 aliphatic rings. The zero-order chi connectivity index (χ0) is 34.1. The minimum Gasteiger partial charge on any atom is -0.508 e. The van der Waals surface area contributed by atoms with Gasteiger partial charge in [-0.15, -0.1) is 17.0 Å². The topological polar surface area (TPSA) is 85.2 Å². The molecule has 5 aromatic carbocycles. The Balaban J connectivity index is 0.00000157. The van der Waals surface area contributed by atoms with Gasteiger partial charge in [0.15, 0.2) is 0 Å². The van der Waals surface area contributed by atoms with Crippen molar-refractivity contribution in [3.05, 3.63) is 138 Å². The fraction of sp³-hybridized carbons (Fsp3) is 0.244. The quantitative estimate of drug-likeness (QED) is 0.0637. The molecule has 0 atom stereocenters. The molecular weight excluding hydrogens is 699 g/mol. The van der Waals surface area contributed by atoms with Crippen LogP contribution in [-0.2, 0) is 24.1 Å². The number of methoxy groups -OCH3 is 2. The van der Waals surface area contributed by atoms with E-state index in [1.165, 1.54) is 21.5 Å². The van der Waals surface area contributed by atoms with Crippen LogP contribution >= 0.6 is 24.9 Å². The molecule has 0 aliphatic carbocycles. The summed E-state index contributed by atoms with van der Waals surface area (Å²) < 4.78 is 17.1. The van der Waals surface area contributed by atoms with Crippen molar-refractivity contribution in [2.45, 2.75) is 45.4 Å². The summed E-state index contributed by atoms with van der Waals surface area (Å²) in [5, 5.41) is 21.8. The first-order valence-electron chi connectivity index (χ1n) is 16.2. The molecule has 258 valence electrons. The van der Waals surface area contributed by atoms with E-state index in [0.29, 0.717) is 12.4 Å². The molecule has 0 bridgehead atoms. The van der Waals surface area contributed by atoms with E-state index in [0.717, 1.165) is 66.7 Å². The zero-order valence-corrected chi connectivity index (χ0v) is 31.0. The second-order valence-corrected chi connectivity index (χ2v) is 13.5. The van der Waals surface area contributed by atoms with Gasteiger partial charge >= 0.3 is 0 Å².